The zero-order valence-electron chi connectivity index (χ0n) is 9.42. The molecule has 0 bridgehead atoms. The molecule has 1 atom stereocenters. The smallest absolute Gasteiger partial charge is 0.345 e. The van der Waals surface area contributed by atoms with Gasteiger partial charge in [-0.3, -0.25) is 0 Å². The van der Waals surface area contributed by atoms with E-state index in [2.05, 4.69) is 0 Å². The van der Waals surface area contributed by atoms with Gasteiger partial charge in [0.25, 0.3) is 0 Å². The summed E-state index contributed by atoms with van der Waals surface area (Å²) in [5, 5.41) is 0. The Morgan fingerprint density at radius 2 is 2.07 bits per heavy atom. The Balaban J connectivity index is 2.16. The number of carbonyl (C=O) groups excluding carboxylic acids is 1. The van der Waals surface area contributed by atoms with Gasteiger partial charge in [-0.2, -0.15) is 0 Å². The molecule has 88 valence electrons. The molecule has 1 unspecified atom stereocenters. The van der Waals surface area contributed by atoms with Gasteiger partial charge in [0.1, 0.15) is 0 Å². The van der Waals surface area contributed by atoms with Crippen molar-refractivity contribution in [1.29, 1.82) is 0 Å². The monoisotopic (exact) mass is 218 g/mol. The van der Waals surface area contributed by atoms with Gasteiger partial charge in [-0.05, 0) is 26.2 Å². The number of alkyl halides is 1. The highest BCUT2D eigenvalue weighted by Gasteiger charge is 2.32. The van der Waals surface area contributed by atoms with Crippen LogP contribution in [0.15, 0.2) is 0 Å². The standard InChI is InChI=1S/C11H19FO3/c1-3-11(2,12)10(13)15-8-14-9-6-4-5-7-9/h9H,3-8H2,1-2H3. The molecule has 1 aliphatic carbocycles. The van der Waals surface area contributed by atoms with Crippen molar-refractivity contribution in [2.45, 2.75) is 57.7 Å². The van der Waals surface area contributed by atoms with Gasteiger partial charge >= 0.3 is 5.97 Å². The highest BCUT2D eigenvalue weighted by Crippen LogP contribution is 2.21. The lowest BCUT2D eigenvalue weighted by Gasteiger charge is -2.17. The molecule has 0 aromatic carbocycles. The van der Waals surface area contributed by atoms with Crippen molar-refractivity contribution in [1.82, 2.24) is 0 Å². The summed E-state index contributed by atoms with van der Waals surface area (Å²) in [7, 11) is 0. The number of rotatable bonds is 5. The maximum atomic E-state index is 13.4. The lowest BCUT2D eigenvalue weighted by molar-refractivity contribution is -0.173. The van der Waals surface area contributed by atoms with Crippen molar-refractivity contribution in [3.05, 3.63) is 0 Å². The van der Waals surface area contributed by atoms with Crippen molar-refractivity contribution >= 4 is 5.97 Å². The Hall–Kier alpha value is -0.640. The first kappa shape index (κ1) is 12.4. The number of hydrogen-bond donors (Lipinski definition) is 0. The van der Waals surface area contributed by atoms with Crippen LogP contribution in [0.2, 0.25) is 0 Å². The minimum Gasteiger partial charge on any atom is -0.436 e. The lowest BCUT2D eigenvalue weighted by atomic mass is 10.1. The lowest BCUT2D eigenvalue weighted by Crippen LogP contribution is -2.32. The number of esters is 1. The summed E-state index contributed by atoms with van der Waals surface area (Å²) in [6, 6.07) is 0. The number of ether oxygens (including phenoxy) is 2. The number of carbonyl (C=O) groups is 1. The van der Waals surface area contributed by atoms with E-state index in [9.17, 15) is 9.18 Å². The minimum absolute atomic E-state index is 0.120. The van der Waals surface area contributed by atoms with Crippen LogP contribution in [0, 0.1) is 0 Å². The summed E-state index contributed by atoms with van der Waals surface area (Å²) in [5.41, 5.74) is -1.89. The average molecular weight is 218 g/mol. The first-order valence-corrected chi connectivity index (χ1v) is 5.54. The highest BCUT2D eigenvalue weighted by molar-refractivity contribution is 5.78. The molecule has 0 heterocycles. The molecular formula is C11H19FO3. The largest absolute Gasteiger partial charge is 0.436 e. The van der Waals surface area contributed by atoms with Crippen LogP contribution in [0.1, 0.15) is 46.0 Å². The van der Waals surface area contributed by atoms with E-state index in [0.29, 0.717) is 0 Å². The third-order valence-corrected chi connectivity index (χ3v) is 2.89. The van der Waals surface area contributed by atoms with Crippen LogP contribution in [0.4, 0.5) is 4.39 Å². The second kappa shape index (κ2) is 5.45. The molecule has 0 aromatic rings. The molecule has 0 aliphatic heterocycles. The number of hydrogen-bond acceptors (Lipinski definition) is 3. The molecular weight excluding hydrogens is 199 g/mol. The molecule has 15 heavy (non-hydrogen) atoms. The predicted molar refractivity (Wildman–Crippen MR) is 54.1 cm³/mol. The molecule has 0 spiro atoms. The zero-order chi connectivity index (χ0) is 11.3. The molecule has 1 aliphatic rings. The first-order chi connectivity index (χ1) is 7.06. The van der Waals surface area contributed by atoms with E-state index in [0.717, 1.165) is 25.7 Å². The normalized spacial score (nSPS) is 21.3. The van der Waals surface area contributed by atoms with Crippen LogP contribution in [0.25, 0.3) is 0 Å². The van der Waals surface area contributed by atoms with E-state index in [1.54, 1.807) is 6.92 Å². The maximum absolute atomic E-state index is 13.4. The van der Waals surface area contributed by atoms with Gasteiger partial charge in [0, 0.05) is 0 Å². The SMILES string of the molecule is CCC(C)(F)C(=O)OCOC1CCCC1. The molecule has 4 heteroatoms. The van der Waals surface area contributed by atoms with Crippen molar-refractivity contribution in [2.24, 2.45) is 0 Å². The van der Waals surface area contributed by atoms with Gasteiger partial charge in [-0.1, -0.05) is 19.8 Å². The van der Waals surface area contributed by atoms with Crippen molar-refractivity contribution in [3.63, 3.8) is 0 Å². The van der Waals surface area contributed by atoms with Crippen LogP contribution >= 0.6 is 0 Å². The van der Waals surface area contributed by atoms with E-state index in [1.807, 2.05) is 0 Å². The van der Waals surface area contributed by atoms with E-state index in [4.69, 9.17) is 9.47 Å². The van der Waals surface area contributed by atoms with Crippen molar-refractivity contribution in [2.75, 3.05) is 6.79 Å². The van der Waals surface area contributed by atoms with Gasteiger partial charge < -0.3 is 9.47 Å². The third-order valence-electron chi connectivity index (χ3n) is 2.89. The summed E-state index contributed by atoms with van der Waals surface area (Å²) < 4.78 is 23.4. The van der Waals surface area contributed by atoms with E-state index >= 15 is 0 Å². The van der Waals surface area contributed by atoms with Crippen LogP contribution in [0.3, 0.4) is 0 Å². The Bertz CT molecular complexity index is 210. The summed E-state index contributed by atoms with van der Waals surface area (Å²) in [6.07, 6.45) is 4.65. The summed E-state index contributed by atoms with van der Waals surface area (Å²) >= 11 is 0. The Morgan fingerprint density at radius 3 is 2.60 bits per heavy atom. The van der Waals surface area contributed by atoms with Crippen LogP contribution in [0.5, 0.6) is 0 Å². The minimum atomic E-state index is -1.89. The second-order valence-corrected chi connectivity index (χ2v) is 4.17. The van der Waals surface area contributed by atoms with Crippen LogP contribution < -0.4 is 0 Å². The predicted octanol–water partition coefficient (Wildman–Crippen LogP) is 2.58. The van der Waals surface area contributed by atoms with Gasteiger partial charge in [0.05, 0.1) is 6.10 Å². The summed E-state index contributed by atoms with van der Waals surface area (Å²) in [6.45, 7) is 2.72. The Labute approximate surface area is 89.9 Å². The fraction of sp³-hybridized carbons (Fsp3) is 0.909. The fourth-order valence-electron chi connectivity index (χ4n) is 1.53. The van der Waals surface area contributed by atoms with Crippen LogP contribution in [-0.2, 0) is 14.3 Å². The van der Waals surface area contributed by atoms with Gasteiger partial charge in [-0.25, -0.2) is 9.18 Å². The summed E-state index contributed by atoms with van der Waals surface area (Å²) in [5.74, 6) is -0.831. The molecule has 1 rings (SSSR count). The van der Waals surface area contributed by atoms with Crippen molar-refractivity contribution < 1.29 is 18.7 Å². The molecule has 1 saturated carbocycles. The quantitative estimate of drug-likeness (QED) is 0.525. The first-order valence-electron chi connectivity index (χ1n) is 5.54. The zero-order valence-corrected chi connectivity index (χ0v) is 9.42. The average Bonchev–Trinajstić information content (AvgIpc) is 2.70. The fourth-order valence-corrected chi connectivity index (χ4v) is 1.53. The molecule has 0 radical (unpaired) electrons. The topological polar surface area (TPSA) is 35.5 Å². The molecule has 1 fully saturated rings. The third kappa shape index (κ3) is 3.78. The summed E-state index contributed by atoms with van der Waals surface area (Å²) in [4.78, 5) is 11.2. The maximum Gasteiger partial charge on any atom is 0.345 e. The Kier molecular flexibility index (Phi) is 4.51. The van der Waals surface area contributed by atoms with E-state index < -0.39 is 11.6 Å². The van der Waals surface area contributed by atoms with E-state index in [-0.39, 0.29) is 19.3 Å². The number of halogens is 1. The van der Waals surface area contributed by atoms with Gasteiger partial charge in [0.2, 0.25) is 5.67 Å². The molecule has 0 aromatic heterocycles. The van der Waals surface area contributed by atoms with Crippen LogP contribution in [-0.4, -0.2) is 24.5 Å². The van der Waals surface area contributed by atoms with Crippen molar-refractivity contribution in [3.8, 4) is 0 Å². The molecule has 3 nitrogen and oxygen atoms in total. The van der Waals surface area contributed by atoms with Gasteiger partial charge in [-0.15, -0.1) is 0 Å². The Morgan fingerprint density at radius 1 is 1.47 bits per heavy atom. The van der Waals surface area contributed by atoms with Gasteiger partial charge in [0.15, 0.2) is 6.79 Å². The molecule has 0 N–H and O–H groups in total. The molecule has 0 saturated heterocycles. The van der Waals surface area contributed by atoms with E-state index in [1.165, 1.54) is 6.92 Å². The highest BCUT2D eigenvalue weighted by atomic mass is 19.1. The molecule has 0 amide bonds. The second-order valence-electron chi connectivity index (χ2n) is 4.17.